The molecular weight excluding hydrogens is 196 g/mol. The van der Waals surface area contributed by atoms with Gasteiger partial charge in [-0.25, -0.2) is 9.97 Å². The van der Waals surface area contributed by atoms with Gasteiger partial charge in [-0.15, -0.1) is 11.8 Å². The van der Waals surface area contributed by atoms with E-state index >= 15 is 0 Å². The van der Waals surface area contributed by atoms with Gasteiger partial charge in [0.2, 0.25) is 0 Å². The summed E-state index contributed by atoms with van der Waals surface area (Å²) in [6.07, 6.45) is 5.93. The Labute approximate surface area is 88.0 Å². The van der Waals surface area contributed by atoms with E-state index in [1.165, 1.54) is 17.7 Å². The molecule has 0 spiro atoms. The first-order chi connectivity index (χ1) is 6.92. The van der Waals surface area contributed by atoms with Crippen molar-refractivity contribution in [3.8, 4) is 0 Å². The van der Waals surface area contributed by atoms with E-state index in [0.717, 1.165) is 30.0 Å². The zero-order chi connectivity index (χ0) is 9.80. The predicted molar refractivity (Wildman–Crippen MR) is 56.5 cm³/mol. The number of aromatic nitrogens is 2. The number of aryl methyl sites for hydroxylation is 1. The molecule has 1 N–H and O–H groups in total. The second kappa shape index (κ2) is 4.75. The van der Waals surface area contributed by atoms with E-state index in [9.17, 15) is 0 Å². The highest BCUT2D eigenvalue weighted by atomic mass is 32.2. The van der Waals surface area contributed by atoms with Crippen molar-refractivity contribution in [2.75, 3.05) is 12.4 Å². The minimum absolute atomic E-state index is 0.264. The molecule has 0 amide bonds. The highest BCUT2D eigenvalue weighted by Gasteiger charge is 2.16. The summed E-state index contributed by atoms with van der Waals surface area (Å²) in [4.78, 5) is 8.57. The van der Waals surface area contributed by atoms with Crippen LogP contribution in [-0.2, 0) is 12.8 Å². The first-order valence-electron chi connectivity index (χ1n) is 4.98. The Bertz CT molecular complexity index is 317. The van der Waals surface area contributed by atoms with Crippen LogP contribution in [0.5, 0.6) is 0 Å². The molecular formula is C10H14N2OS. The molecule has 0 bridgehead atoms. The molecule has 1 heterocycles. The third-order valence-corrected chi connectivity index (χ3v) is 3.49. The van der Waals surface area contributed by atoms with Gasteiger partial charge in [-0.2, -0.15) is 0 Å². The summed E-state index contributed by atoms with van der Waals surface area (Å²) in [5.41, 5.74) is 2.57. The molecule has 1 aromatic heterocycles. The van der Waals surface area contributed by atoms with Crippen molar-refractivity contribution < 1.29 is 5.11 Å². The van der Waals surface area contributed by atoms with E-state index in [0.29, 0.717) is 0 Å². The van der Waals surface area contributed by atoms with E-state index in [4.69, 9.17) is 5.11 Å². The molecule has 0 saturated carbocycles. The number of hydrogen-bond donors (Lipinski definition) is 1. The van der Waals surface area contributed by atoms with Gasteiger partial charge < -0.3 is 5.11 Å². The lowest BCUT2D eigenvalue weighted by Crippen LogP contribution is -1.95. The zero-order valence-corrected chi connectivity index (χ0v) is 8.89. The number of fused-ring (bicyclic) bond motifs is 1. The Hall–Kier alpha value is -0.610. The highest BCUT2D eigenvalue weighted by molar-refractivity contribution is 7.99. The molecule has 1 aliphatic carbocycles. The van der Waals surface area contributed by atoms with E-state index in [-0.39, 0.29) is 6.61 Å². The zero-order valence-electron chi connectivity index (χ0n) is 8.07. The van der Waals surface area contributed by atoms with Gasteiger partial charge in [0, 0.05) is 23.6 Å². The van der Waals surface area contributed by atoms with Crippen LogP contribution in [0.1, 0.15) is 24.1 Å². The van der Waals surface area contributed by atoms with Crippen LogP contribution in [0.15, 0.2) is 11.4 Å². The first kappa shape index (κ1) is 9.93. The SMILES string of the molecule is OCCCSc1ncnc2c1CCC2. The monoisotopic (exact) mass is 210 g/mol. The largest absolute Gasteiger partial charge is 0.396 e. The van der Waals surface area contributed by atoms with Crippen LogP contribution in [0.2, 0.25) is 0 Å². The van der Waals surface area contributed by atoms with E-state index in [1.54, 1.807) is 18.1 Å². The molecule has 3 nitrogen and oxygen atoms in total. The quantitative estimate of drug-likeness (QED) is 0.464. The molecule has 4 heteroatoms. The maximum atomic E-state index is 8.69. The van der Waals surface area contributed by atoms with E-state index < -0.39 is 0 Å². The topological polar surface area (TPSA) is 46.0 Å². The highest BCUT2D eigenvalue weighted by Crippen LogP contribution is 2.28. The maximum Gasteiger partial charge on any atom is 0.116 e. The second-order valence-electron chi connectivity index (χ2n) is 3.38. The maximum absolute atomic E-state index is 8.69. The van der Waals surface area contributed by atoms with Crippen molar-refractivity contribution in [1.82, 2.24) is 9.97 Å². The van der Waals surface area contributed by atoms with Crippen molar-refractivity contribution in [3.63, 3.8) is 0 Å². The number of aliphatic hydroxyl groups is 1. The van der Waals surface area contributed by atoms with Crippen LogP contribution in [0.3, 0.4) is 0 Å². The molecule has 0 radical (unpaired) electrons. The molecule has 0 saturated heterocycles. The van der Waals surface area contributed by atoms with Gasteiger partial charge in [0.25, 0.3) is 0 Å². The molecule has 1 aromatic rings. The first-order valence-corrected chi connectivity index (χ1v) is 5.97. The number of hydrogen-bond acceptors (Lipinski definition) is 4. The Morgan fingerprint density at radius 1 is 1.36 bits per heavy atom. The van der Waals surface area contributed by atoms with Gasteiger partial charge in [-0.3, -0.25) is 0 Å². The van der Waals surface area contributed by atoms with Crippen LogP contribution < -0.4 is 0 Å². The lowest BCUT2D eigenvalue weighted by molar-refractivity contribution is 0.296. The second-order valence-corrected chi connectivity index (χ2v) is 4.47. The van der Waals surface area contributed by atoms with Crippen molar-refractivity contribution in [2.24, 2.45) is 0 Å². The lowest BCUT2D eigenvalue weighted by atomic mass is 10.3. The molecule has 0 aliphatic heterocycles. The van der Waals surface area contributed by atoms with Crippen LogP contribution in [0, 0.1) is 0 Å². The van der Waals surface area contributed by atoms with E-state index in [2.05, 4.69) is 9.97 Å². The van der Waals surface area contributed by atoms with Crippen LogP contribution in [0.4, 0.5) is 0 Å². The summed E-state index contributed by atoms with van der Waals surface area (Å²) in [5.74, 6) is 0.944. The minimum atomic E-state index is 0.264. The predicted octanol–water partition coefficient (Wildman–Crippen LogP) is 1.44. The number of nitrogens with zero attached hydrogens (tertiary/aromatic N) is 2. The average Bonchev–Trinajstić information content (AvgIpc) is 2.67. The van der Waals surface area contributed by atoms with E-state index in [1.807, 2.05) is 0 Å². The summed E-state index contributed by atoms with van der Waals surface area (Å²) >= 11 is 1.74. The van der Waals surface area contributed by atoms with Gasteiger partial charge >= 0.3 is 0 Å². The number of thioether (sulfide) groups is 1. The van der Waals surface area contributed by atoms with Gasteiger partial charge in [-0.1, -0.05) is 0 Å². The third kappa shape index (κ3) is 2.07. The van der Waals surface area contributed by atoms with Gasteiger partial charge in [0.15, 0.2) is 0 Å². The van der Waals surface area contributed by atoms with Gasteiger partial charge in [0.1, 0.15) is 11.4 Å². The number of aliphatic hydroxyl groups excluding tert-OH is 1. The summed E-state index contributed by atoms with van der Waals surface area (Å²) < 4.78 is 0. The van der Waals surface area contributed by atoms with Gasteiger partial charge in [0.05, 0.1) is 0 Å². The Balaban J connectivity index is 2.06. The van der Waals surface area contributed by atoms with Gasteiger partial charge in [-0.05, 0) is 25.7 Å². The van der Waals surface area contributed by atoms with Crippen molar-refractivity contribution in [1.29, 1.82) is 0 Å². The molecule has 0 unspecified atom stereocenters. The Morgan fingerprint density at radius 2 is 2.29 bits per heavy atom. The molecule has 1 aliphatic rings. The molecule has 14 heavy (non-hydrogen) atoms. The Kier molecular flexibility index (Phi) is 3.37. The standard InChI is InChI=1S/C10H14N2OS/c13-5-2-6-14-10-8-3-1-4-9(8)11-7-12-10/h7,13H,1-6H2. The molecule has 0 atom stereocenters. The minimum Gasteiger partial charge on any atom is -0.396 e. The van der Waals surface area contributed by atoms with Crippen LogP contribution >= 0.6 is 11.8 Å². The van der Waals surface area contributed by atoms with Crippen LogP contribution in [0.25, 0.3) is 0 Å². The van der Waals surface area contributed by atoms with Crippen molar-refractivity contribution >= 4 is 11.8 Å². The lowest BCUT2D eigenvalue weighted by Gasteiger charge is -2.04. The average molecular weight is 210 g/mol. The smallest absolute Gasteiger partial charge is 0.116 e. The fraction of sp³-hybridized carbons (Fsp3) is 0.600. The summed E-state index contributed by atoms with van der Waals surface area (Å²) in [5, 5.41) is 9.82. The van der Waals surface area contributed by atoms with Crippen molar-refractivity contribution in [3.05, 3.63) is 17.6 Å². The van der Waals surface area contributed by atoms with Crippen molar-refractivity contribution in [2.45, 2.75) is 30.7 Å². The third-order valence-electron chi connectivity index (χ3n) is 2.38. The summed E-state index contributed by atoms with van der Waals surface area (Å²) in [6.45, 7) is 0.264. The molecule has 2 rings (SSSR count). The molecule has 0 aromatic carbocycles. The Morgan fingerprint density at radius 3 is 3.14 bits per heavy atom. The molecule has 0 fully saturated rings. The summed E-state index contributed by atoms with van der Waals surface area (Å²) in [7, 11) is 0. The van der Waals surface area contributed by atoms with Crippen LogP contribution in [-0.4, -0.2) is 27.4 Å². The molecule has 76 valence electrons. The normalized spacial score (nSPS) is 14.4. The summed E-state index contributed by atoms with van der Waals surface area (Å²) in [6, 6.07) is 0. The number of rotatable bonds is 4. The fourth-order valence-electron chi connectivity index (χ4n) is 1.69. The fourth-order valence-corrected chi connectivity index (χ4v) is 2.67.